The number of halogens is 2. The fraction of sp³-hybridized carbons (Fsp3) is 0. The second-order valence-electron chi connectivity index (χ2n) is 8.31. The van der Waals surface area contributed by atoms with E-state index in [9.17, 15) is 14.7 Å². The van der Waals surface area contributed by atoms with Crippen molar-refractivity contribution in [2.45, 2.75) is 0 Å². The zero-order valence-electron chi connectivity index (χ0n) is 19.3. The lowest BCUT2D eigenvalue weighted by atomic mass is 10.1. The summed E-state index contributed by atoms with van der Waals surface area (Å²) in [4.78, 5) is 29.5. The zero-order valence-corrected chi connectivity index (χ0v) is 21.6. The predicted molar refractivity (Wildman–Crippen MR) is 148 cm³/mol. The van der Waals surface area contributed by atoms with Crippen LogP contribution in [-0.4, -0.2) is 27.0 Å². The third kappa shape index (κ3) is 4.31. The van der Waals surface area contributed by atoms with Gasteiger partial charge in [0.25, 0.3) is 5.56 Å². The van der Waals surface area contributed by atoms with E-state index in [1.54, 1.807) is 42.5 Å². The normalized spacial score (nSPS) is 11.6. The van der Waals surface area contributed by atoms with Crippen molar-refractivity contribution in [2.75, 3.05) is 0 Å². The molecule has 3 aromatic carbocycles. The molecule has 0 aliphatic heterocycles. The van der Waals surface area contributed by atoms with Gasteiger partial charge in [-0.05, 0) is 66.7 Å². The summed E-state index contributed by atoms with van der Waals surface area (Å²) in [6.45, 7) is 0. The van der Waals surface area contributed by atoms with E-state index < -0.39 is 5.97 Å². The molecule has 6 rings (SSSR count). The maximum Gasteiger partial charge on any atom is 0.335 e. The van der Waals surface area contributed by atoms with Crippen molar-refractivity contribution in [2.24, 2.45) is 5.10 Å². The van der Waals surface area contributed by atoms with Gasteiger partial charge in [-0.25, -0.2) is 9.78 Å². The molecule has 0 fully saturated rings. The number of aromatic carboxylic acids is 1. The summed E-state index contributed by atoms with van der Waals surface area (Å²) in [5.74, 6) is 0.185. The first-order chi connectivity index (χ1) is 18.4. The Morgan fingerprint density at radius 3 is 2.68 bits per heavy atom. The van der Waals surface area contributed by atoms with E-state index >= 15 is 0 Å². The number of carboxylic acids is 1. The number of carboxylic acid groups (broad SMARTS) is 1. The van der Waals surface area contributed by atoms with Gasteiger partial charge in [-0.1, -0.05) is 39.7 Å². The van der Waals surface area contributed by atoms with E-state index in [4.69, 9.17) is 20.4 Å². The number of hydrogen-bond acceptors (Lipinski definition) is 6. The Bertz CT molecular complexity index is 1970. The Kier molecular flexibility index (Phi) is 5.94. The molecule has 0 aliphatic carbocycles. The van der Waals surface area contributed by atoms with Crippen LogP contribution in [0.5, 0.6) is 0 Å². The van der Waals surface area contributed by atoms with Crippen LogP contribution < -0.4 is 5.56 Å². The lowest BCUT2D eigenvalue weighted by Crippen LogP contribution is -2.20. The number of carbonyl (C=O) groups is 1. The molecular weight excluding hydrogens is 574 g/mol. The number of nitrogens with zero attached hydrogens (tertiary/aromatic N) is 3. The minimum Gasteiger partial charge on any atom is -0.478 e. The molecule has 0 spiro atoms. The first-order valence-electron chi connectivity index (χ1n) is 11.3. The van der Waals surface area contributed by atoms with Crippen LogP contribution in [0.3, 0.4) is 0 Å². The summed E-state index contributed by atoms with van der Waals surface area (Å²) in [7, 11) is 0. The highest BCUT2D eigenvalue weighted by Crippen LogP contribution is 2.31. The second kappa shape index (κ2) is 9.44. The Balaban J connectivity index is 1.45. The number of benzene rings is 3. The number of furan rings is 2. The molecule has 38 heavy (non-hydrogen) atoms. The number of rotatable bonds is 5. The highest BCUT2D eigenvalue weighted by atomic mass is 79.9. The molecule has 186 valence electrons. The maximum absolute atomic E-state index is 13.4. The van der Waals surface area contributed by atoms with Crippen molar-refractivity contribution in [3.8, 4) is 22.9 Å². The topological polar surface area (TPSA) is 111 Å². The third-order valence-corrected chi connectivity index (χ3v) is 6.68. The molecule has 3 heterocycles. The smallest absolute Gasteiger partial charge is 0.335 e. The summed E-state index contributed by atoms with van der Waals surface area (Å²) in [6, 6.07) is 22.0. The molecule has 10 heteroatoms. The van der Waals surface area contributed by atoms with Crippen LogP contribution in [0, 0.1) is 0 Å². The van der Waals surface area contributed by atoms with Gasteiger partial charge < -0.3 is 13.9 Å². The molecule has 0 amide bonds. The summed E-state index contributed by atoms with van der Waals surface area (Å²) >= 11 is 9.73. The number of fused-ring (bicyclic) bond motifs is 2. The van der Waals surface area contributed by atoms with Crippen LogP contribution >= 0.6 is 27.5 Å². The van der Waals surface area contributed by atoms with Gasteiger partial charge in [0, 0.05) is 15.4 Å². The molecule has 3 aromatic heterocycles. The number of aromatic nitrogens is 2. The lowest BCUT2D eigenvalue weighted by molar-refractivity contribution is 0.0697. The molecule has 0 radical (unpaired) electrons. The number of hydrogen-bond donors (Lipinski definition) is 1. The summed E-state index contributed by atoms with van der Waals surface area (Å²) < 4.78 is 13.9. The van der Waals surface area contributed by atoms with Crippen molar-refractivity contribution in [3.05, 3.63) is 110 Å². The molecule has 8 nitrogen and oxygen atoms in total. The summed E-state index contributed by atoms with van der Waals surface area (Å²) in [6.07, 6.45) is 1.37. The fourth-order valence-corrected chi connectivity index (χ4v) is 4.63. The minimum absolute atomic E-state index is 0.0762. The lowest BCUT2D eigenvalue weighted by Gasteiger charge is -2.07. The van der Waals surface area contributed by atoms with E-state index in [2.05, 4.69) is 26.0 Å². The zero-order chi connectivity index (χ0) is 26.4. The minimum atomic E-state index is -1.08. The Labute approximate surface area is 227 Å². The average molecular weight is 589 g/mol. The van der Waals surface area contributed by atoms with Crippen LogP contribution in [0.1, 0.15) is 16.1 Å². The van der Waals surface area contributed by atoms with Crippen molar-refractivity contribution < 1.29 is 18.7 Å². The van der Waals surface area contributed by atoms with Crippen molar-refractivity contribution in [3.63, 3.8) is 0 Å². The quantitative estimate of drug-likeness (QED) is 0.216. The van der Waals surface area contributed by atoms with Gasteiger partial charge in [0.1, 0.15) is 17.1 Å². The van der Waals surface area contributed by atoms with Crippen LogP contribution in [0.15, 0.2) is 102 Å². The molecule has 6 aromatic rings. The molecule has 0 saturated carbocycles. The molecular formula is C28H15BrClN3O5. The van der Waals surface area contributed by atoms with Gasteiger partial charge in [-0.3, -0.25) is 4.79 Å². The van der Waals surface area contributed by atoms with Gasteiger partial charge in [0.05, 0.1) is 27.7 Å². The largest absolute Gasteiger partial charge is 0.478 e. The highest BCUT2D eigenvalue weighted by molar-refractivity contribution is 9.10. The van der Waals surface area contributed by atoms with Crippen LogP contribution in [0.4, 0.5) is 0 Å². The monoisotopic (exact) mass is 587 g/mol. The predicted octanol–water partition coefficient (Wildman–Crippen LogP) is 7.07. The molecule has 0 aliphatic rings. The number of para-hydroxylation sites is 1. The van der Waals surface area contributed by atoms with E-state index in [0.717, 1.165) is 14.5 Å². The Hall–Kier alpha value is -4.47. The average Bonchev–Trinajstić information content (AvgIpc) is 3.55. The van der Waals surface area contributed by atoms with Gasteiger partial charge in [0.15, 0.2) is 5.76 Å². The van der Waals surface area contributed by atoms with Crippen LogP contribution in [-0.2, 0) is 0 Å². The molecule has 0 atom stereocenters. The van der Waals surface area contributed by atoms with E-state index in [1.165, 1.54) is 24.4 Å². The molecule has 0 unspecified atom stereocenters. The maximum atomic E-state index is 13.4. The first-order valence-corrected chi connectivity index (χ1v) is 12.4. The standard InChI is InChI=1S/C28H15BrClN3O5/c29-17-6-9-23-16(11-17)13-25(38-23)26-32-22-4-2-1-3-19(22)27(34)33(26)31-14-18-7-10-24(37-18)20-12-15(28(35)36)5-8-21(20)30/h1-14H,(H,35,36). The fourth-order valence-electron chi connectivity index (χ4n) is 4.04. The van der Waals surface area contributed by atoms with Crippen LogP contribution in [0.2, 0.25) is 5.02 Å². The van der Waals surface area contributed by atoms with Gasteiger partial charge in [0.2, 0.25) is 5.82 Å². The SMILES string of the molecule is O=C(O)c1ccc(Cl)c(-c2ccc(C=Nn3c(-c4cc5cc(Br)ccc5o4)nc4ccccc4c3=O)o2)c1. The molecule has 0 saturated heterocycles. The van der Waals surface area contributed by atoms with Crippen molar-refractivity contribution in [1.82, 2.24) is 9.66 Å². The molecule has 1 N–H and O–H groups in total. The van der Waals surface area contributed by atoms with Crippen molar-refractivity contribution in [1.29, 1.82) is 0 Å². The highest BCUT2D eigenvalue weighted by Gasteiger charge is 2.17. The van der Waals surface area contributed by atoms with E-state index in [-0.39, 0.29) is 16.9 Å². The van der Waals surface area contributed by atoms with Gasteiger partial charge >= 0.3 is 5.97 Å². The Morgan fingerprint density at radius 2 is 1.84 bits per heavy atom. The van der Waals surface area contributed by atoms with Crippen molar-refractivity contribution >= 4 is 61.6 Å². The Morgan fingerprint density at radius 1 is 1.00 bits per heavy atom. The second-order valence-corrected chi connectivity index (χ2v) is 9.63. The molecule has 0 bridgehead atoms. The summed E-state index contributed by atoms with van der Waals surface area (Å²) in [5.41, 5.74) is 1.26. The first kappa shape index (κ1) is 23.9. The van der Waals surface area contributed by atoms with Gasteiger partial charge in [-0.15, -0.1) is 0 Å². The van der Waals surface area contributed by atoms with E-state index in [1.807, 2.05) is 18.2 Å². The van der Waals surface area contributed by atoms with Gasteiger partial charge in [-0.2, -0.15) is 9.78 Å². The van der Waals surface area contributed by atoms with E-state index in [0.29, 0.717) is 44.4 Å². The van der Waals surface area contributed by atoms with Crippen LogP contribution in [0.25, 0.3) is 44.8 Å². The third-order valence-electron chi connectivity index (χ3n) is 5.86. The summed E-state index contributed by atoms with van der Waals surface area (Å²) in [5, 5.41) is 15.3.